The lowest BCUT2D eigenvalue weighted by atomic mass is 9.83. The SMILES string of the molecule is NCCCN(CCCN)C(=O)c1ccc2c(c1)C(=O)c1ccccc1C2=O. The van der Waals surface area contributed by atoms with E-state index in [2.05, 4.69) is 0 Å². The van der Waals surface area contributed by atoms with Gasteiger partial charge in [-0.15, -0.1) is 0 Å². The fraction of sp³-hybridized carbons (Fsp3) is 0.286. The number of hydrogen-bond donors (Lipinski definition) is 2. The normalized spacial score (nSPS) is 12.5. The van der Waals surface area contributed by atoms with E-state index in [1.165, 1.54) is 6.07 Å². The van der Waals surface area contributed by atoms with Gasteiger partial charge in [-0.2, -0.15) is 0 Å². The standard InChI is InChI=1S/C21H23N3O3/c22-9-3-11-24(12-4-10-23)21(27)14-7-8-17-18(13-14)20(26)16-6-2-1-5-15(16)19(17)25/h1-2,5-8,13H,3-4,9-12,22-23H2. The van der Waals surface area contributed by atoms with Crippen LogP contribution in [0.4, 0.5) is 0 Å². The molecule has 140 valence electrons. The maximum atomic E-state index is 12.9. The van der Waals surface area contributed by atoms with Crippen molar-refractivity contribution in [3.63, 3.8) is 0 Å². The number of carbonyl (C=O) groups is 3. The minimum Gasteiger partial charge on any atom is -0.339 e. The molecule has 0 spiro atoms. The monoisotopic (exact) mass is 365 g/mol. The van der Waals surface area contributed by atoms with E-state index in [1.54, 1.807) is 41.3 Å². The third-order valence-electron chi connectivity index (χ3n) is 4.72. The second-order valence-corrected chi connectivity index (χ2v) is 6.54. The number of nitrogens with zero attached hydrogens (tertiary/aromatic N) is 1. The largest absolute Gasteiger partial charge is 0.339 e. The van der Waals surface area contributed by atoms with E-state index in [0.717, 1.165) is 0 Å². The van der Waals surface area contributed by atoms with Crippen molar-refractivity contribution in [3.05, 3.63) is 70.3 Å². The fourth-order valence-electron chi connectivity index (χ4n) is 3.29. The maximum Gasteiger partial charge on any atom is 0.253 e. The molecule has 6 nitrogen and oxygen atoms in total. The van der Waals surface area contributed by atoms with Crippen LogP contribution in [0.5, 0.6) is 0 Å². The van der Waals surface area contributed by atoms with Crippen LogP contribution in [-0.4, -0.2) is 48.6 Å². The number of hydrogen-bond acceptors (Lipinski definition) is 5. The first-order valence-electron chi connectivity index (χ1n) is 9.10. The average Bonchev–Trinajstić information content (AvgIpc) is 2.71. The smallest absolute Gasteiger partial charge is 0.253 e. The van der Waals surface area contributed by atoms with Crippen molar-refractivity contribution in [1.82, 2.24) is 4.90 Å². The van der Waals surface area contributed by atoms with Gasteiger partial charge in [-0.05, 0) is 44.1 Å². The van der Waals surface area contributed by atoms with E-state index in [9.17, 15) is 14.4 Å². The summed E-state index contributed by atoms with van der Waals surface area (Å²) in [5.41, 5.74) is 12.9. The highest BCUT2D eigenvalue weighted by Gasteiger charge is 2.30. The highest BCUT2D eigenvalue weighted by molar-refractivity contribution is 6.28. The van der Waals surface area contributed by atoms with E-state index in [0.29, 0.717) is 61.3 Å². The second kappa shape index (κ2) is 8.24. The zero-order valence-corrected chi connectivity index (χ0v) is 15.1. The van der Waals surface area contributed by atoms with Gasteiger partial charge >= 0.3 is 0 Å². The summed E-state index contributed by atoms with van der Waals surface area (Å²) in [7, 11) is 0. The van der Waals surface area contributed by atoms with Crippen LogP contribution in [0, 0.1) is 0 Å². The van der Waals surface area contributed by atoms with Gasteiger partial charge in [0.2, 0.25) is 0 Å². The highest BCUT2D eigenvalue weighted by atomic mass is 16.2. The first kappa shape index (κ1) is 18.9. The number of fused-ring (bicyclic) bond motifs is 2. The quantitative estimate of drug-likeness (QED) is 0.661. The van der Waals surface area contributed by atoms with E-state index in [4.69, 9.17) is 11.5 Å². The molecule has 4 N–H and O–H groups in total. The van der Waals surface area contributed by atoms with E-state index < -0.39 is 0 Å². The predicted molar refractivity (Wildman–Crippen MR) is 103 cm³/mol. The van der Waals surface area contributed by atoms with Gasteiger partial charge in [0.25, 0.3) is 5.91 Å². The van der Waals surface area contributed by atoms with Crippen molar-refractivity contribution in [2.75, 3.05) is 26.2 Å². The zero-order valence-electron chi connectivity index (χ0n) is 15.1. The molecule has 0 heterocycles. The number of nitrogens with two attached hydrogens (primary N) is 2. The highest BCUT2D eigenvalue weighted by Crippen LogP contribution is 2.28. The van der Waals surface area contributed by atoms with Crippen molar-refractivity contribution < 1.29 is 14.4 Å². The molecular formula is C21H23N3O3. The van der Waals surface area contributed by atoms with Crippen molar-refractivity contribution in [2.24, 2.45) is 11.5 Å². The summed E-state index contributed by atoms with van der Waals surface area (Å²) in [6.45, 7) is 2.03. The predicted octanol–water partition coefficient (Wildman–Crippen LogP) is 1.60. The molecule has 0 bridgehead atoms. The van der Waals surface area contributed by atoms with Crippen LogP contribution >= 0.6 is 0 Å². The summed E-state index contributed by atoms with van der Waals surface area (Å²) in [5.74, 6) is -0.605. The minimum atomic E-state index is -0.231. The molecule has 0 aromatic heterocycles. The van der Waals surface area contributed by atoms with Gasteiger partial charge in [0.15, 0.2) is 11.6 Å². The first-order chi connectivity index (χ1) is 13.1. The van der Waals surface area contributed by atoms with Gasteiger partial charge in [0.1, 0.15) is 0 Å². The van der Waals surface area contributed by atoms with Crippen LogP contribution in [0.2, 0.25) is 0 Å². The van der Waals surface area contributed by atoms with Gasteiger partial charge in [-0.25, -0.2) is 0 Å². The Labute approximate surface area is 158 Å². The van der Waals surface area contributed by atoms with Gasteiger partial charge < -0.3 is 16.4 Å². The molecule has 27 heavy (non-hydrogen) atoms. The average molecular weight is 365 g/mol. The molecule has 0 aliphatic heterocycles. The van der Waals surface area contributed by atoms with E-state index >= 15 is 0 Å². The Kier molecular flexibility index (Phi) is 5.78. The second-order valence-electron chi connectivity index (χ2n) is 6.54. The Morgan fingerprint density at radius 2 is 1.30 bits per heavy atom. The first-order valence-corrected chi connectivity index (χ1v) is 9.10. The van der Waals surface area contributed by atoms with Crippen LogP contribution in [-0.2, 0) is 0 Å². The molecule has 1 aliphatic rings. The zero-order chi connectivity index (χ0) is 19.4. The fourth-order valence-corrected chi connectivity index (χ4v) is 3.29. The summed E-state index contributed by atoms with van der Waals surface area (Å²) < 4.78 is 0. The van der Waals surface area contributed by atoms with Gasteiger partial charge in [-0.3, -0.25) is 14.4 Å². The molecule has 0 saturated carbocycles. The molecule has 2 aromatic carbocycles. The van der Waals surface area contributed by atoms with E-state index in [-0.39, 0.29) is 23.0 Å². The topological polar surface area (TPSA) is 106 Å². The lowest BCUT2D eigenvalue weighted by Crippen LogP contribution is -2.35. The Hall–Kier alpha value is -2.83. The molecule has 3 rings (SSSR count). The van der Waals surface area contributed by atoms with Crippen LogP contribution < -0.4 is 11.5 Å². The minimum absolute atomic E-state index is 0.182. The van der Waals surface area contributed by atoms with Crippen molar-refractivity contribution in [3.8, 4) is 0 Å². The van der Waals surface area contributed by atoms with Gasteiger partial charge in [-0.1, -0.05) is 24.3 Å². The summed E-state index contributed by atoms with van der Waals surface area (Å²) in [4.78, 5) is 40.1. The van der Waals surface area contributed by atoms with E-state index in [1.807, 2.05) is 0 Å². The lowest BCUT2D eigenvalue weighted by Gasteiger charge is -2.23. The molecule has 6 heteroatoms. The number of ketones is 2. The number of amides is 1. The summed E-state index contributed by atoms with van der Waals surface area (Å²) in [6.07, 6.45) is 1.37. The van der Waals surface area contributed by atoms with Gasteiger partial charge in [0.05, 0.1) is 0 Å². The number of carbonyl (C=O) groups excluding carboxylic acids is 3. The van der Waals surface area contributed by atoms with Crippen molar-refractivity contribution in [1.29, 1.82) is 0 Å². The molecule has 1 aliphatic carbocycles. The van der Waals surface area contributed by atoms with Crippen LogP contribution in [0.25, 0.3) is 0 Å². The third kappa shape index (κ3) is 3.67. The molecule has 0 radical (unpaired) electrons. The molecule has 1 amide bonds. The molecule has 0 saturated heterocycles. The van der Waals surface area contributed by atoms with Crippen LogP contribution in [0.15, 0.2) is 42.5 Å². The molecule has 0 fully saturated rings. The summed E-state index contributed by atoms with van der Waals surface area (Å²) >= 11 is 0. The van der Waals surface area contributed by atoms with Crippen molar-refractivity contribution in [2.45, 2.75) is 12.8 Å². The maximum absolute atomic E-state index is 12.9. The molecule has 0 unspecified atom stereocenters. The Balaban J connectivity index is 1.94. The summed E-state index contributed by atoms with van der Waals surface area (Å²) in [6, 6.07) is 11.5. The third-order valence-corrected chi connectivity index (χ3v) is 4.72. The lowest BCUT2D eigenvalue weighted by molar-refractivity contribution is 0.0753. The van der Waals surface area contributed by atoms with Crippen molar-refractivity contribution >= 4 is 17.5 Å². The molecule has 2 aromatic rings. The van der Waals surface area contributed by atoms with Crippen LogP contribution in [0.3, 0.4) is 0 Å². The van der Waals surface area contributed by atoms with Gasteiger partial charge in [0, 0.05) is 40.9 Å². The Bertz CT molecular complexity index is 884. The number of benzene rings is 2. The number of rotatable bonds is 7. The molecular weight excluding hydrogens is 342 g/mol. The summed E-state index contributed by atoms with van der Waals surface area (Å²) in [5, 5.41) is 0. The van der Waals surface area contributed by atoms with Crippen LogP contribution in [0.1, 0.15) is 55.0 Å². The molecule has 0 atom stereocenters. The Morgan fingerprint density at radius 1 is 0.778 bits per heavy atom. The Morgan fingerprint density at radius 3 is 1.85 bits per heavy atom.